The van der Waals surface area contributed by atoms with Gasteiger partial charge in [-0.2, -0.15) is 0 Å². The topological polar surface area (TPSA) is 26.3 Å². The average molecular weight is 128 g/mol. The number of hydrogen-bond acceptors (Lipinski definition) is 2. The molecule has 0 aliphatic carbocycles. The summed E-state index contributed by atoms with van der Waals surface area (Å²) in [5.74, 6) is 1.01. The van der Waals surface area contributed by atoms with E-state index >= 15 is 0 Å². The van der Waals surface area contributed by atoms with Crippen molar-refractivity contribution in [2.45, 2.75) is 20.3 Å². The minimum absolute atomic E-state index is 0.0411. The van der Waals surface area contributed by atoms with Crippen LogP contribution in [0.1, 0.15) is 20.3 Å². The highest BCUT2D eigenvalue weighted by Crippen LogP contribution is 2.20. The Morgan fingerprint density at radius 3 is 2.56 bits per heavy atom. The molecule has 0 amide bonds. The molecule has 0 saturated carbocycles. The van der Waals surface area contributed by atoms with Gasteiger partial charge in [-0.05, 0) is 11.8 Å². The van der Waals surface area contributed by atoms with Gasteiger partial charge in [-0.25, -0.2) is 0 Å². The van der Waals surface area contributed by atoms with Crippen molar-refractivity contribution >= 4 is 5.97 Å². The molecule has 1 aliphatic heterocycles. The van der Waals surface area contributed by atoms with Crippen LogP contribution in [0.2, 0.25) is 0 Å². The van der Waals surface area contributed by atoms with Crippen molar-refractivity contribution in [2.75, 3.05) is 6.61 Å². The van der Waals surface area contributed by atoms with Gasteiger partial charge in [-0.1, -0.05) is 13.8 Å². The molecule has 1 unspecified atom stereocenters. The van der Waals surface area contributed by atoms with Crippen LogP contribution in [-0.2, 0) is 9.53 Å². The molecule has 0 aromatic carbocycles. The van der Waals surface area contributed by atoms with Gasteiger partial charge in [-0.3, -0.25) is 4.79 Å². The minimum atomic E-state index is -0.0411. The van der Waals surface area contributed by atoms with Crippen molar-refractivity contribution in [3.63, 3.8) is 0 Å². The van der Waals surface area contributed by atoms with Crippen molar-refractivity contribution in [1.29, 1.82) is 0 Å². The Balaban J connectivity index is 2.44. The Morgan fingerprint density at radius 1 is 1.44 bits per heavy atom. The van der Waals surface area contributed by atoms with Crippen molar-refractivity contribution in [3.8, 4) is 0 Å². The lowest BCUT2D eigenvalue weighted by Gasteiger charge is -2.24. The van der Waals surface area contributed by atoms with E-state index in [1.807, 2.05) is 0 Å². The van der Waals surface area contributed by atoms with Crippen LogP contribution in [0.3, 0.4) is 0 Å². The number of esters is 1. The molecular formula is C7H12O2. The van der Waals surface area contributed by atoms with Gasteiger partial charge in [0.05, 0.1) is 6.61 Å². The van der Waals surface area contributed by atoms with Crippen molar-refractivity contribution in [3.05, 3.63) is 0 Å². The zero-order chi connectivity index (χ0) is 6.85. The summed E-state index contributed by atoms with van der Waals surface area (Å²) in [5, 5.41) is 0. The lowest BCUT2D eigenvalue weighted by Crippen LogP contribution is -2.26. The Hall–Kier alpha value is -0.530. The molecule has 52 valence electrons. The van der Waals surface area contributed by atoms with Gasteiger partial charge in [0.1, 0.15) is 0 Å². The second kappa shape index (κ2) is 2.38. The predicted octanol–water partition coefficient (Wildman–Crippen LogP) is 1.21. The summed E-state index contributed by atoms with van der Waals surface area (Å²) >= 11 is 0. The van der Waals surface area contributed by atoms with E-state index < -0.39 is 0 Å². The number of carbonyl (C=O) groups excluding carboxylic acids is 1. The first-order valence-corrected chi connectivity index (χ1v) is 3.36. The highest BCUT2D eigenvalue weighted by molar-refractivity contribution is 5.70. The van der Waals surface area contributed by atoms with E-state index in [1.165, 1.54) is 0 Å². The van der Waals surface area contributed by atoms with Crippen LogP contribution in [0.25, 0.3) is 0 Å². The van der Waals surface area contributed by atoms with E-state index in [-0.39, 0.29) is 5.97 Å². The summed E-state index contributed by atoms with van der Waals surface area (Å²) in [7, 11) is 0. The fraction of sp³-hybridized carbons (Fsp3) is 0.857. The molecule has 0 aromatic rings. The zero-order valence-corrected chi connectivity index (χ0v) is 5.89. The van der Waals surface area contributed by atoms with Gasteiger partial charge in [-0.15, -0.1) is 0 Å². The molecule has 0 aromatic heterocycles. The quantitative estimate of drug-likeness (QED) is 0.458. The maximum absolute atomic E-state index is 10.6. The molecule has 9 heavy (non-hydrogen) atoms. The number of hydrogen-bond donors (Lipinski definition) is 0. The SMILES string of the molecule is CC1COC(=O)C[C@H]1C. The summed E-state index contributed by atoms with van der Waals surface area (Å²) in [6.45, 7) is 4.81. The number of carbonyl (C=O) groups is 1. The van der Waals surface area contributed by atoms with Gasteiger partial charge in [0, 0.05) is 6.42 Å². The molecule has 2 atom stereocenters. The number of ether oxygens (including phenoxy) is 1. The fourth-order valence-corrected chi connectivity index (χ4v) is 0.912. The van der Waals surface area contributed by atoms with Gasteiger partial charge in [0.25, 0.3) is 0 Å². The maximum Gasteiger partial charge on any atom is 0.306 e. The molecule has 0 bridgehead atoms. The Morgan fingerprint density at radius 2 is 2.11 bits per heavy atom. The lowest BCUT2D eigenvalue weighted by molar-refractivity contribution is -0.151. The van der Waals surface area contributed by atoms with Crippen LogP contribution in [0.15, 0.2) is 0 Å². The third-order valence-electron chi connectivity index (χ3n) is 1.97. The first kappa shape index (κ1) is 6.59. The summed E-state index contributed by atoms with van der Waals surface area (Å²) < 4.78 is 4.82. The zero-order valence-electron chi connectivity index (χ0n) is 5.89. The van der Waals surface area contributed by atoms with Gasteiger partial charge < -0.3 is 4.74 Å². The standard InChI is InChI=1S/C7H12O2/c1-5-3-7(8)9-4-6(5)2/h5-6H,3-4H2,1-2H3/t5-,6?/m1/s1. The smallest absolute Gasteiger partial charge is 0.306 e. The van der Waals surface area contributed by atoms with E-state index in [0.717, 1.165) is 0 Å². The maximum atomic E-state index is 10.6. The Labute approximate surface area is 55.2 Å². The molecule has 1 fully saturated rings. The summed E-state index contributed by atoms with van der Waals surface area (Å²) in [6, 6.07) is 0. The molecule has 2 heteroatoms. The van der Waals surface area contributed by atoms with E-state index in [2.05, 4.69) is 13.8 Å². The van der Waals surface area contributed by atoms with Crippen LogP contribution in [0.5, 0.6) is 0 Å². The average Bonchev–Trinajstić information content (AvgIpc) is 1.80. The Bertz CT molecular complexity index is 120. The van der Waals surface area contributed by atoms with Crippen LogP contribution >= 0.6 is 0 Å². The van der Waals surface area contributed by atoms with Crippen LogP contribution in [0.4, 0.5) is 0 Å². The molecular weight excluding hydrogens is 116 g/mol. The fourth-order valence-electron chi connectivity index (χ4n) is 0.912. The second-order valence-corrected chi connectivity index (χ2v) is 2.84. The number of rotatable bonds is 0. The van der Waals surface area contributed by atoms with E-state index in [0.29, 0.717) is 24.9 Å². The Kier molecular flexibility index (Phi) is 1.74. The van der Waals surface area contributed by atoms with Crippen molar-refractivity contribution in [1.82, 2.24) is 0 Å². The van der Waals surface area contributed by atoms with Crippen LogP contribution in [-0.4, -0.2) is 12.6 Å². The van der Waals surface area contributed by atoms with Crippen LogP contribution < -0.4 is 0 Å². The van der Waals surface area contributed by atoms with Crippen molar-refractivity contribution < 1.29 is 9.53 Å². The van der Waals surface area contributed by atoms with Crippen LogP contribution in [0, 0.1) is 11.8 Å². The van der Waals surface area contributed by atoms with E-state index in [4.69, 9.17) is 4.74 Å². The third-order valence-corrected chi connectivity index (χ3v) is 1.97. The van der Waals surface area contributed by atoms with Gasteiger partial charge >= 0.3 is 5.97 Å². The first-order chi connectivity index (χ1) is 4.20. The van der Waals surface area contributed by atoms with E-state index in [1.54, 1.807) is 0 Å². The highest BCUT2D eigenvalue weighted by Gasteiger charge is 2.22. The molecule has 1 saturated heterocycles. The molecule has 2 nitrogen and oxygen atoms in total. The summed E-state index contributed by atoms with van der Waals surface area (Å²) in [5.41, 5.74) is 0. The molecule has 1 heterocycles. The normalized spacial score (nSPS) is 36.0. The van der Waals surface area contributed by atoms with Gasteiger partial charge in [0.15, 0.2) is 0 Å². The number of cyclic esters (lactones) is 1. The second-order valence-electron chi connectivity index (χ2n) is 2.84. The lowest BCUT2D eigenvalue weighted by atomic mass is 9.92. The summed E-state index contributed by atoms with van der Waals surface area (Å²) in [4.78, 5) is 10.6. The summed E-state index contributed by atoms with van der Waals surface area (Å²) in [6.07, 6.45) is 0.598. The first-order valence-electron chi connectivity index (χ1n) is 3.36. The highest BCUT2D eigenvalue weighted by atomic mass is 16.5. The molecule has 0 spiro atoms. The molecule has 0 radical (unpaired) electrons. The monoisotopic (exact) mass is 128 g/mol. The molecule has 0 N–H and O–H groups in total. The van der Waals surface area contributed by atoms with Crippen molar-refractivity contribution in [2.24, 2.45) is 11.8 Å². The van der Waals surface area contributed by atoms with E-state index in [9.17, 15) is 4.79 Å². The minimum Gasteiger partial charge on any atom is -0.465 e. The molecule has 1 rings (SSSR count). The van der Waals surface area contributed by atoms with Gasteiger partial charge in [0.2, 0.25) is 0 Å². The third kappa shape index (κ3) is 1.44. The predicted molar refractivity (Wildman–Crippen MR) is 33.9 cm³/mol. The molecule has 1 aliphatic rings. The largest absolute Gasteiger partial charge is 0.465 e.